The maximum atomic E-state index is 12.9. The van der Waals surface area contributed by atoms with Crippen LogP contribution in [0.15, 0.2) is 109 Å². The van der Waals surface area contributed by atoms with Crippen molar-refractivity contribution in [1.29, 1.82) is 0 Å². The van der Waals surface area contributed by atoms with E-state index in [4.69, 9.17) is 14.2 Å². The van der Waals surface area contributed by atoms with Crippen molar-refractivity contribution in [3.05, 3.63) is 109 Å². The summed E-state index contributed by atoms with van der Waals surface area (Å²) >= 11 is 0. The minimum atomic E-state index is -0.777. The smallest absolute Gasteiger partial charge is 0.306 e. The summed E-state index contributed by atoms with van der Waals surface area (Å²) in [5.74, 6) is -0.873. The summed E-state index contributed by atoms with van der Waals surface area (Å²) in [7, 11) is 0. The van der Waals surface area contributed by atoms with Crippen molar-refractivity contribution in [2.24, 2.45) is 0 Å². The van der Waals surface area contributed by atoms with Crippen molar-refractivity contribution < 1.29 is 28.6 Å². The lowest BCUT2D eigenvalue weighted by atomic mass is 10.0. The van der Waals surface area contributed by atoms with Crippen LogP contribution in [0.4, 0.5) is 0 Å². The zero-order valence-corrected chi connectivity index (χ0v) is 54.7. The molecule has 1 unspecified atom stereocenters. The van der Waals surface area contributed by atoms with E-state index in [1.54, 1.807) is 0 Å². The van der Waals surface area contributed by atoms with Crippen molar-refractivity contribution in [1.82, 2.24) is 0 Å². The molecule has 0 bridgehead atoms. The first-order valence-corrected chi connectivity index (χ1v) is 35.4. The highest BCUT2D eigenvalue weighted by atomic mass is 16.6. The molecule has 0 spiro atoms. The molecular weight excluding hydrogens is 1020 g/mol. The molecule has 0 saturated heterocycles. The van der Waals surface area contributed by atoms with E-state index < -0.39 is 6.10 Å². The van der Waals surface area contributed by atoms with E-state index in [1.807, 2.05) is 0 Å². The number of esters is 3. The highest BCUT2D eigenvalue weighted by Gasteiger charge is 2.19. The number of carbonyl (C=O) groups excluding carboxylic acids is 3. The molecule has 6 heteroatoms. The lowest BCUT2D eigenvalue weighted by Crippen LogP contribution is -2.30. The summed E-state index contributed by atoms with van der Waals surface area (Å²) in [4.78, 5) is 38.2. The fourth-order valence-corrected chi connectivity index (χ4v) is 9.99. The second-order valence-electron chi connectivity index (χ2n) is 23.4. The molecule has 0 aliphatic rings. The molecule has 0 aromatic heterocycles. The van der Waals surface area contributed by atoms with Gasteiger partial charge in [-0.05, 0) is 109 Å². The Morgan fingerprint density at radius 3 is 0.735 bits per heavy atom. The third-order valence-corrected chi connectivity index (χ3v) is 15.3. The molecule has 83 heavy (non-hydrogen) atoms. The largest absolute Gasteiger partial charge is 0.462 e. The van der Waals surface area contributed by atoms with Gasteiger partial charge in [-0.25, -0.2) is 0 Å². The Hall–Kier alpha value is -3.93. The minimum absolute atomic E-state index is 0.0756. The first-order chi connectivity index (χ1) is 41.0. The Kier molecular flexibility index (Phi) is 67.2. The molecule has 476 valence electrons. The van der Waals surface area contributed by atoms with Crippen LogP contribution in [0, 0.1) is 0 Å². The minimum Gasteiger partial charge on any atom is -0.462 e. The third kappa shape index (κ3) is 68.7. The fraction of sp³-hybridized carbons (Fsp3) is 0.727. The molecule has 0 rings (SSSR count). The quantitative estimate of drug-likeness (QED) is 0.0261. The maximum Gasteiger partial charge on any atom is 0.306 e. The molecule has 0 amide bonds. The van der Waals surface area contributed by atoms with Crippen molar-refractivity contribution in [3.63, 3.8) is 0 Å². The van der Waals surface area contributed by atoms with E-state index >= 15 is 0 Å². The summed E-state index contributed by atoms with van der Waals surface area (Å²) in [6.07, 6.45) is 97.1. The lowest BCUT2D eigenvalue weighted by molar-refractivity contribution is -0.167. The van der Waals surface area contributed by atoms with Gasteiger partial charge in [-0.15, -0.1) is 0 Å². The Balaban J connectivity index is 4.06. The van der Waals surface area contributed by atoms with Gasteiger partial charge in [-0.1, -0.05) is 323 Å². The van der Waals surface area contributed by atoms with Crippen molar-refractivity contribution >= 4 is 17.9 Å². The molecule has 0 aliphatic heterocycles. The van der Waals surface area contributed by atoms with E-state index in [1.165, 1.54) is 193 Å². The maximum absolute atomic E-state index is 12.9. The van der Waals surface area contributed by atoms with E-state index in [-0.39, 0.29) is 31.1 Å². The van der Waals surface area contributed by atoms with Gasteiger partial charge in [0, 0.05) is 19.3 Å². The molecular formula is C77H132O6. The predicted octanol–water partition coefficient (Wildman–Crippen LogP) is 24.6. The summed E-state index contributed by atoms with van der Waals surface area (Å²) in [5, 5.41) is 0. The van der Waals surface area contributed by atoms with Gasteiger partial charge >= 0.3 is 17.9 Å². The van der Waals surface area contributed by atoms with Gasteiger partial charge in [0.2, 0.25) is 0 Å². The van der Waals surface area contributed by atoms with Crippen LogP contribution >= 0.6 is 0 Å². The molecule has 0 fully saturated rings. The van der Waals surface area contributed by atoms with Gasteiger partial charge in [-0.2, -0.15) is 0 Å². The number of carbonyl (C=O) groups is 3. The van der Waals surface area contributed by atoms with E-state index in [9.17, 15) is 14.4 Å². The molecule has 0 aromatic rings. The standard InChI is InChI=1S/C77H132O6/c1-4-7-10-13-16-18-20-22-24-26-28-30-32-33-34-35-36-37-38-39-40-41-42-43-45-46-48-50-52-54-56-58-61-64-67-70-76(79)82-73-74(72-81-75(78)69-66-63-60-15-12-9-6-3)83-77(80)71-68-65-62-59-57-55-53-51-49-47-44-31-29-27-25-23-21-19-17-14-11-8-5-2/h7,10,16,18,21-24,27-30,33-34,36-37,39-40,74H,4-6,8-9,11-15,17,19-20,25-26,31-32,35,38,41-73H2,1-3H3/b10-7-,18-16-,23-21-,24-22-,29-27-,30-28-,34-33-,37-36-,40-39-. The first kappa shape index (κ1) is 79.1. The Labute approximate surface area is 514 Å². The Morgan fingerprint density at radius 2 is 0.470 bits per heavy atom. The zero-order chi connectivity index (χ0) is 59.9. The van der Waals surface area contributed by atoms with Crippen LogP contribution in [-0.2, 0) is 28.6 Å². The van der Waals surface area contributed by atoms with Gasteiger partial charge in [0.05, 0.1) is 0 Å². The average Bonchev–Trinajstić information content (AvgIpc) is 3.49. The van der Waals surface area contributed by atoms with Crippen LogP contribution in [0.5, 0.6) is 0 Å². The number of hydrogen-bond acceptors (Lipinski definition) is 6. The van der Waals surface area contributed by atoms with E-state index in [2.05, 4.69) is 130 Å². The summed E-state index contributed by atoms with van der Waals surface area (Å²) in [6.45, 7) is 6.50. The van der Waals surface area contributed by atoms with Crippen LogP contribution in [0.25, 0.3) is 0 Å². The van der Waals surface area contributed by atoms with Crippen LogP contribution in [-0.4, -0.2) is 37.2 Å². The topological polar surface area (TPSA) is 78.9 Å². The average molecular weight is 1150 g/mol. The zero-order valence-electron chi connectivity index (χ0n) is 54.7. The third-order valence-electron chi connectivity index (χ3n) is 15.3. The molecule has 0 aromatic carbocycles. The number of hydrogen-bond donors (Lipinski definition) is 0. The Morgan fingerprint density at radius 1 is 0.253 bits per heavy atom. The normalized spacial score (nSPS) is 12.8. The summed E-state index contributed by atoms with van der Waals surface area (Å²) in [6, 6.07) is 0. The predicted molar refractivity (Wildman–Crippen MR) is 362 cm³/mol. The monoisotopic (exact) mass is 1150 g/mol. The number of unbranched alkanes of at least 4 members (excludes halogenated alkanes) is 35. The van der Waals surface area contributed by atoms with Crippen LogP contribution < -0.4 is 0 Å². The van der Waals surface area contributed by atoms with Gasteiger partial charge in [0.1, 0.15) is 13.2 Å². The fourth-order valence-electron chi connectivity index (χ4n) is 9.99. The van der Waals surface area contributed by atoms with Gasteiger partial charge in [0.15, 0.2) is 6.10 Å². The van der Waals surface area contributed by atoms with E-state index in [0.29, 0.717) is 19.3 Å². The molecule has 0 heterocycles. The molecule has 0 N–H and O–H groups in total. The van der Waals surface area contributed by atoms with Crippen LogP contribution in [0.3, 0.4) is 0 Å². The Bertz CT molecular complexity index is 1660. The van der Waals surface area contributed by atoms with Gasteiger partial charge in [-0.3, -0.25) is 14.4 Å². The van der Waals surface area contributed by atoms with E-state index in [0.717, 1.165) is 109 Å². The van der Waals surface area contributed by atoms with Gasteiger partial charge in [0.25, 0.3) is 0 Å². The SMILES string of the molecule is CC/C=C\C/C=C\C/C=C\C/C=C\C/C=C\C/C=C\C/C=C\CCCCCCCCCCCCCCCC(=O)OCC(COC(=O)CCCCCCCCC)OC(=O)CCCCCCCCCCCCC/C=C\C/C=C\CCCCCCC. The molecule has 0 saturated carbocycles. The number of ether oxygens (including phenoxy) is 3. The number of allylic oxidation sites excluding steroid dienone is 18. The second kappa shape index (κ2) is 70.6. The summed E-state index contributed by atoms with van der Waals surface area (Å²) < 4.78 is 16.9. The highest BCUT2D eigenvalue weighted by molar-refractivity contribution is 5.71. The van der Waals surface area contributed by atoms with Crippen LogP contribution in [0.1, 0.15) is 342 Å². The summed E-state index contributed by atoms with van der Waals surface area (Å²) in [5.41, 5.74) is 0. The number of rotatable bonds is 64. The van der Waals surface area contributed by atoms with Crippen molar-refractivity contribution in [2.75, 3.05) is 13.2 Å². The van der Waals surface area contributed by atoms with Crippen LogP contribution in [0.2, 0.25) is 0 Å². The second-order valence-corrected chi connectivity index (χ2v) is 23.4. The molecule has 1 atom stereocenters. The highest BCUT2D eigenvalue weighted by Crippen LogP contribution is 2.17. The lowest BCUT2D eigenvalue weighted by Gasteiger charge is -2.18. The van der Waals surface area contributed by atoms with Crippen molar-refractivity contribution in [3.8, 4) is 0 Å². The van der Waals surface area contributed by atoms with Gasteiger partial charge < -0.3 is 14.2 Å². The molecule has 0 aliphatic carbocycles. The molecule has 6 nitrogen and oxygen atoms in total. The molecule has 0 radical (unpaired) electrons. The first-order valence-electron chi connectivity index (χ1n) is 35.4. The van der Waals surface area contributed by atoms with Crippen molar-refractivity contribution in [2.45, 2.75) is 348 Å².